The fourth-order valence-corrected chi connectivity index (χ4v) is 1.91. The van der Waals surface area contributed by atoms with Gasteiger partial charge in [0.25, 0.3) is 5.91 Å². The van der Waals surface area contributed by atoms with Crippen LogP contribution in [0.5, 0.6) is 5.75 Å². The van der Waals surface area contributed by atoms with Gasteiger partial charge in [-0.15, -0.1) is 0 Å². The standard InChI is InChI=1S/C13H16BrNO4/c1-13(2,3)10(12(18)19)15-11(17)8-6-7(14)4-5-9(8)16/h4-6,10,16H,1-3H3,(H,15,17)(H,18,19)/t10-/m1/s1. The Hall–Kier alpha value is -1.56. The summed E-state index contributed by atoms with van der Waals surface area (Å²) in [5, 5.41) is 21.2. The van der Waals surface area contributed by atoms with E-state index in [2.05, 4.69) is 21.2 Å². The lowest BCUT2D eigenvalue weighted by Crippen LogP contribution is -2.49. The Kier molecular flexibility index (Phi) is 4.57. The molecule has 1 atom stereocenters. The molecule has 1 aromatic rings. The molecule has 3 N–H and O–H groups in total. The summed E-state index contributed by atoms with van der Waals surface area (Å²) >= 11 is 3.19. The van der Waals surface area contributed by atoms with Gasteiger partial charge in [0.2, 0.25) is 0 Å². The van der Waals surface area contributed by atoms with Crippen LogP contribution in [-0.4, -0.2) is 28.1 Å². The monoisotopic (exact) mass is 329 g/mol. The van der Waals surface area contributed by atoms with E-state index in [9.17, 15) is 14.7 Å². The number of carbonyl (C=O) groups excluding carboxylic acids is 1. The maximum Gasteiger partial charge on any atom is 0.326 e. The van der Waals surface area contributed by atoms with E-state index in [0.717, 1.165) is 0 Å². The molecule has 104 valence electrons. The summed E-state index contributed by atoms with van der Waals surface area (Å²) < 4.78 is 0.623. The van der Waals surface area contributed by atoms with Crippen molar-refractivity contribution in [3.8, 4) is 5.75 Å². The van der Waals surface area contributed by atoms with E-state index in [1.54, 1.807) is 26.8 Å². The number of carbonyl (C=O) groups is 2. The lowest BCUT2D eigenvalue weighted by molar-refractivity contribution is -0.142. The number of nitrogens with one attached hydrogen (secondary N) is 1. The number of rotatable bonds is 3. The molecule has 1 aromatic carbocycles. The number of hydrogen-bond acceptors (Lipinski definition) is 3. The summed E-state index contributed by atoms with van der Waals surface area (Å²) in [6.45, 7) is 5.15. The van der Waals surface area contributed by atoms with Gasteiger partial charge in [0.15, 0.2) is 0 Å². The van der Waals surface area contributed by atoms with E-state index < -0.39 is 23.3 Å². The van der Waals surface area contributed by atoms with Crippen molar-refractivity contribution >= 4 is 27.8 Å². The molecule has 0 aliphatic carbocycles. The van der Waals surface area contributed by atoms with Crippen LogP contribution in [-0.2, 0) is 4.79 Å². The Labute approximate surface area is 119 Å². The average molecular weight is 330 g/mol. The molecule has 0 spiro atoms. The molecule has 1 rings (SSSR count). The van der Waals surface area contributed by atoms with Crippen molar-refractivity contribution in [2.75, 3.05) is 0 Å². The van der Waals surface area contributed by atoms with Gasteiger partial charge in [-0.3, -0.25) is 4.79 Å². The first kappa shape index (κ1) is 15.5. The molecule has 0 radical (unpaired) electrons. The molecule has 19 heavy (non-hydrogen) atoms. The Morgan fingerprint density at radius 2 is 1.89 bits per heavy atom. The third-order valence-corrected chi connectivity index (χ3v) is 3.08. The third-order valence-electron chi connectivity index (χ3n) is 2.59. The SMILES string of the molecule is CC(C)(C)[C@H](NC(=O)c1cc(Br)ccc1O)C(=O)O. The van der Waals surface area contributed by atoms with Crippen LogP contribution in [0.1, 0.15) is 31.1 Å². The van der Waals surface area contributed by atoms with Crippen molar-refractivity contribution in [3.63, 3.8) is 0 Å². The van der Waals surface area contributed by atoms with Gasteiger partial charge in [-0.2, -0.15) is 0 Å². The maximum atomic E-state index is 12.0. The molecule has 0 heterocycles. The van der Waals surface area contributed by atoms with E-state index in [4.69, 9.17) is 5.11 Å². The fraction of sp³-hybridized carbons (Fsp3) is 0.385. The second-order valence-corrected chi connectivity index (χ2v) is 6.19. The van der Waals surface area contributed by atoms with Crippen LogP contribution in [0.4, 0.5) is 0 Å². The summed E-state index contributed by atoms with van der Waals surface area (Å²) in [6.07, 6.45) is 0. The fourth-order valence-electron chi connectivity index (χ4n) is 1.55. The molecule has 0 bridgehead atoms. The zero-order chi connectivity index (χ0) is 14.8. The topological polar surface area (TPSA) is 86.6 Å². The number of carboxylic acids is 1. The highest BCUT2D eigenvalue weighted by molar-refractivity contribution is 9.10. The molecular weight excluding hydrogens is 314 g/mol. The first-order chi connectivity index (χ1) is 8.62. The lowest BCUT2D eigenvalue weighted by Gasteiger charge is -2.27. The first-order valence-corrected chi connectivity index (χ1v) is 6.44. The molecule has 6 heteroatoms. The number of aliphatic carboxylic acids is 1. The van der Waals surface area contributed by atoms with Crippen LogP contribution in [0, 0.1) is 5.41 Å². The predicted octanol–water partition coefficient (Wildman–Crippen LogP) is 2.38. The predicted molar refractivity (Wildman–Crippen MR) is 74.2 cm³/mol. The molecule has 0 saturated heterocycles. The van der Waals surface area contributed by atoms with Crippen molar-refractivity contribution in [2.45, 2.75) is 26.8 Å². The first-order valence-electron chi connectivity index (χ1n) is 5.65. The highest BCUT2D eigenvalue weighted by Crippen LogP contribution is 2.24. The Morgan fingerprint density at radius 3 is 2.37 bits per heavy atom. The minimum atomic E-state index is -1.12. The smallest absolute Gasteiger partial charge is 0.326 e. The van der Waals surface area contributed by atoms with Gasteiger partial charge in [0.1, 0.15) is 11.8 Å². The largest absolute Gasteiger partial charge is 0.507 e. The van der Waals surface area contributed by atoms with E-state index in [1.165, 1.54) is 12.1 Å². The summed E-state index contributed by atoms with van der Waals surface area (Å²) in [5.74, 6) is -1.93. The van der Waals surface area contributed by atoms with Crippen LogP contribution in [0.15, 0.2) is 22.7 Å². The molecule has 5 nitrogen and oxygen atoms in total. The molecule has 0 aliphatic rings. The van der Waals surface area contributed by atoms with Crippen molar-refractivity contribution in [2.24, 2.45) is 5.41 Å². The number of benzene rings is 1. The van der Waals surface area contributed by atoms with Gasteiger partial charge in [-0.1, -0.05) is 36.7 Å². The highest BCUT2D eigenvalue weighted by Gasteiger charge is 2.33. The third kappa shape index (κ3) is 3.96. The van der Waals surface area contributed by atoms with Crippen LogP contribution >= 0.6 is 15.9 Å². The Morgan fingerprint density at radius 1 is 1.32 bits per heavy atom. The lowest BCUT2D eigenvalue weighted by atomic mass is 9.86. The van der Waals surface area contributed by atoms with Crippen molar-refractivity contribution in [1.29, 1.82) is 0 Å². The van der Waals surface area contributed by atoms with Crippen LogP contribution in [0.3, 0.4) is 0 Å². The number of aromatic hydroxyl groups is 1. The average Bonchev–Trinajstić information content (AvgIpc) is 2.26. The van der Waals surface area contributed by atoms with Crippen LogP contribution < -0.4 is 5.32 Å². The van der Waals surface area contributed by atoms with Crippen molar-refractivity contribution in [1.82, 2.24) is 5.32 Å². The van der Waals surface area contributed by atoms with Gasteiger partial charge in [0.05, 0.1) is 5.56 Å². The normalized spacial score (nSPS) is 12.8. The molecule has 0 unspecified atom stereocenters. The number of hydrogen-bond donors (Lipinski definition) is 3. The van der Waals surface area contributed by atoms with E-state index in [-0.39, 0.29) is 11.3 Å². The van der Waals surface area contributed by atoms with Crippen LogP contribution in [0.2, 0.25) is 0 Å². The summed E-state index contributed by atoms with van der Waals surface area (Å²) in [6, 6.07) is 3.35. The second-order valence-electron chi connectivity index (χ2n) is 5.27. The van der Waals surface area contributed by atoms with Crippen molar-refractivity contribution < 1.29 is 19.8 Å². The summed E-state index contributed by atoms with van der Waals surface area (Å²) in [7, 11) is 0. The van der Waals surface area contributed by atoms with Gasteiger partial charge >= 0.3 is 5.97 Å². The van der Waals surface area contributed by atoms with Crippen molar-refractivity contribution in [3.05, 3.63) is 28.2 Å². The quantitative estimate of drug-likeness (QED) is 0.794. The van der Waals surface area contributed by atoms with E-state index in [0.29, 0.717) is 4.47 Å². The van der Waals surface area contributed by atoms with Gasteiger partial charge in [-0.05, 0) is 23.6 Å². The number of phenolic OH excluding ortho intramolecular Hbond substituents is 1. The Bertz CT molecular complexity index is 508. The highest BCUT2D eigenvalue weighted by atomic mass is 79.9. The zero-order valence-corrected chi connectivity index (χ0v) is 12.5. The van der Waals surface area contributed by atoms with E-state index in [1.807, 2.05) is 0 Å². The number of amides is 1. The number of phenols is 1. The molecular formula is C13H16BrNO4. The van der Waals surface area contributed by atoms with E-state index >= 15 is 0 Å². The maximum absolute atomic E-state index is 12.0. The van der Waals surface area contributed by atoms with Gasteiger partial charge in [0, 0.05) is 4.47 Å². The number of halogens is 1. The van der Waals surface area contributed by atoms with Gasteiger partial charge in [-0.25, -0.2) is 4.79 Å². The minimum Gasteiger partial charge on any atom is -0.507 e. The summed E-state index contributed by atoms with van der Waals surface area (Å²) in [5.41, 5.74) is -0.603. The van der Waals surface area contributed by atoms with Gasteiger partial charge < -0.3 is 15.5 Å². The summed E-state index contributed by atoms with van der Waals surface area (Å²) in [4.78, 5) is 23.2. The zero-order valence-electron chi connectivity index (χ0n) is 10.9. The molecule has 0 aromatic heterocycles. The minimum absolute atomic E-state index is 0.0323. The van der Waals surface area contributed by atoms with Crippen LogP contribution in [0.25, 0.3) is 0 Å². The molecule has 0 fully saturated rings. The molecule has 0 saturated carbocycles. The number of carboxylic acid groups (broad SMARTS) is 1. The molecule has 1 amide bonds. The molecule has 0 aliphatic heterocycles. The second kappa shape index (κ2) is 5.61. The Balaban J connectivity index is 3.01.